The van der Waals surface area contributed by atoms with E-state index in [0.29, 0.717) is 5.92 Å². The monoisotopic (exact) mass is 233 g/mol. The number of nitrogens with two attached hydrogens (primary N) is 1. The summed E-state index contributed by atoms with van der Waals surface area (Å²) >= 11 is 0. The van der Waals surface area contributed by atoms with E-state index in [2.05, 4.69) is 5.10 Å². The van der Waals surface area contributed by atoms with Crippen LogP contribution in [0.1, 0.15) is 30.0 Å². The number of aromatic nitrogens is 2. The molecule has 6 heteroatoms. The summed E-state index contributed by atoms with van der Waals surface area (Å²) in [4.78, 5) is 0. The standard InChI is InChI=1S/C10H14F3N3/c1-16-5-8(7(4-14)6-2-3-6)9(15-16)10(11,12)13/h5-7H,2-4,14H2,1H3. The first-order valence-electron chi connectivity index (χ1n) is 5.24. The van der Waals surface area contributed by atoms with Gasteiger partial charge in [-0.1, -0.05) is 0 Å². The molecule has 1 atom stereocenters. The normalized spacial score (nSPS) is 18.8. The molecule has 1 heterocycles. The summed E-state index contributed by atoms with van der Waals surface area (Å²) < 4.78 is 39.4. The van der Waals surface area contributed by atoms with Crippen molar-refractivity contribution in [2.24, 2.45) is 18.7 Å². The first-order chi connectivity index (χ1) is 7.43. The predicted molar refractivity (Wildman–Crippen MR) is 52.7 cm³/mol. The van der Waals surface area contributed by atoms with Crippen molar-refractivity contribution in [1.82, 2.24) is 9.78 Å². The minimum atomic E-state index is -4.39. The van der Waals surface area contributed by atoms with Crippen molar-refractivity contribution in [1.29, 1.82) is 0 Å². The Bertz CT molecular complexity index is 379. The average Bonchev–Trinajstić information content (AvgIpc) is 2.90. The SMILES string of the molecule is Cn1cc(C(CN)C2CC2)c(C(F)(F)F)n1. The molecule has 0 radical (unpaired) electrons. The molecule has 2 rings (SSSR count). The zero-order valence-corrected chi connectivity index (χ0v) is 8.96. The summed E-state index contributed by atoms with van der Waals surface area (Å²) in [6, 6.07) is 0. The third kappa shape index (κ3) is 2.07. The van der Waals surface area contributed by atoms with Crippen LogP contribution >= 0.6 is 0 Å². The number of aryl methyl sites for hydroxylation is 1. The van der Waals surface area contributed by atoms with Gasteiger partial charge in [-0.05, 0) is 25.3 Å². The molecule has 0 aromatic carbocycles. The van der Waals surface area contributed by atoms with E-state index in [0.717, 1.165) is 12.8 Å². The summed E-state index contributed by atoms with van der Waals surface area (Å²) in [5.41, 5.74) is 5.03. The lowest BCUT2D eigenvalue weighted by atomic mass is 9.94. The van der Waals surface area contributed by atoms with Crippen molar-refractivity contribution in [3.63, 3.8) is 0 Å². The molecule has 0 aliphatic heterocycles. The van der Waals surface area contributed by atoms with Gasteiger partial charge in [0, 0.05) is 24.7 Å². The van der Waals surface area contributed by atoms with Crippen molar-refractivity contribution in [2.75, 3.05) is 6.54 Å². The second-order valence-corrected chi connectivity index (χ2v) is 4.28. The van der Waals surface area contributed by atoms with Gasteiger partial charge >= 0.3 is 6.18 Å². The van der Waals surface area contributed by atoms with Crippen LogP contribution in [0.2, 0.25) is 0 Å². The molecule has 1 fully saturated rings. The van der Waals surface area contributed by atoms with E-state index >= 15 is 0 Å². The van der Waals surface area contributed by atoms with E-state index in [-0.39, 0.29) is 18.0 Å². The molecular weight excluding hydrogens is 219 g/mol. The number of hydrogen-bond acceptors (Lipinski definition) is 2. The van der Waals surface area contributed by atoms with Crippen LogP contribution in [0.25, 0.3) is 0 Å². The van der Waals surface area contributed by atoms with Crippen LogP contribution in [0.5, 0.6) is 0 Å². The fourth-order valence-electron chi connectivity index (χ4n) is 2.07. The van der Waals surface area contributed by atoms with Gasteiger partial charge in [0.25, 0.3) is 0 Å². The third-order valence-corrected chi connectivity index (χ3v) is 2.97. The van der Waals surface area contributed by atoms with E-state index in [9.17, 15) is 13.2 Å². The van der Waals surface area contributed by atoms with Gasteiger partial charge in [0.2, 0.25) is 0 Å². The van der Waals surface area contributed by atoms with Crippen LogP contribution in [0.4, 0.5) is 13.2 Å². The lowest BCUT2D eigenvalue weighted by Gasteiger charge is -2.14. The smallest absolute Gasteiger partial charge is 0.330 e. The second kappa shape index (κ2) is 3.76. The highest BCUT2D eigenvalue weighted by molar-refractivity contribution is 5.27. The molecule has 0 bridgehead atoms. The molecule has 1 aromatic rings. The molecule has 2 N–H and O–H groups in total. The van der Waals surface area contributed by atoms with Gasteiger partial charge in [0.15, 0.2) is 5.69 Å². The molecule has 1 unspecified atom stereocenters. The Morgan fingerprint density at radius 1 is 1.56 bits per heavy atom. The van der Waals surface area contributed by atoms with E-state index < -0.39 is 11.9 Å². The molecule has 1 saturated carbocycles. The fraction of sp³-hybridized carbons (Fsp3) is 0.700. The minimum Gasteiger partial charge on any atom is -0.330 e. The van der Waals surface area contributed by atoms with Crippen molar-refractivity contribution >= 4 is 0 Å². The predicted octanol–water partition coefficient (Wildman–Crippen LogP) is 1.89. The molecule has 16 heavy (non-hydrogen) atoms. The molecule has 3 nitrogen and oxygen atoms in total. The van der Waals surface area contributed by atoms with Gasteiger partial charge in [-0.15, -0.1) is 0 Å². The Hall–Kier alpha value is -1.04. The van der Waals surface area contributed by atoms with Crippen molar-refractivity contribution in [2.45, 2.75) is 24.9 Å². The lowest BCUT2D eigenvalue weighted by molar-refractivity contribution is -0.142. The Labute approximate surface area is 91.4 Å². The molecular formula is C10H14F3N3. The summed E-state index contributed by atoms with van der Waals surface area (Å²) in [5, 5.41) is 3.50. The van der Waals surface area contributed by atoms with Crippen molar-refractivity contribution in [3.8, 4) is 0 Å². The zero-order valence-electron chi connectivity index (χ0n) is 8.96. The van der Waals surface area contributed by atoms with Gasteiger partial charge in [-0.2, -0.15) is 18.3 Å². The van der Waals surface area contributed by atoms with Gasteiger partial charge in [0.05, 0.1) is 0 Å². The summed E-state index contributed by atoms with van der Waals surface area (Å²) in [6.45, 7) is 0.249. The Balaban J connectivity index is 2.38. The molecule has 1 aromatic heterocycles. The lowest BCUT2D eigenvalue weighted by Crippen LogP contribution is -2.18. The largest absolute Gasteiger partial charge is 0.435 e. The van der Waals surface area contributed by atoms with Gasteiger partial charge in [0.1, 0.15) is 0 Å². The summed E-state index contributed by atoms with van der Waals surface area (Å²) in [6.07, 6.45) is -1.01. The van der Waals surface area contributed by atoms with E-state index in [4.69, 9.17) is 5.73 Å². The number of hydrogen-bond donors (Lipinski definition) is 1. The van der Waals surface area contributed by atoms with E-state index in [1.807, 2.05) is 0 Å². The highest BCUT2D eigenvalue weighted by atomic mass is 19.4. The van der Waals surface area contributed by atoms with E-state index in [1.165, 1.54) is 17.9 Å². The Kier molecular flexibility index (Phi) is 2.69. The number of alkyl halides is 3. The van der Waals surface area contributed by atoms with Gasteiger partial charge < -0.3 is 5.73 Å². The first-order valence-corrected chi connectivity index (χ1v) is 5.24. The number of rotatable bonds is 3. The third-order valence-electron chi connectivity index (χ3n) is 2.97. The zero-order chi connectivity index (χ0) is 11.9. The number of nitrogens with zero attached hydrogens (tertiary/aromatic N) is 2. The highest BCUT2D eigenvalue weighted by Crippen LogP contribution is 2.45. The van der Waals surface area contributed by atoms with Crippen LogP contribution in [0.3, 0.4) is 0 Å². The maximum atomic E-state index is 12.7. The van der Waals surface area contributed by atoms with Gasteiger partial charge in [-0.3, -0.25) is 4.68 Å². The molecule has 1 aliphatic carbocycles. The number of halogens is 3. The molecule has 1 aliphatic rings. The maximum Gasteiger partial charge on any atom is 0.435 e. The van der Waals surface area contributed by atoms with Crippen LogP contribution in [0, 0.1) is 5.92 Å². The molecule has 0 spiro atoms. The van der Waals surface area contributed by atoms with Crippen LogP contribution in [0.15, 0.2) is 6.20 Å². The average molecular weight is 233 g/mol. The van der Waals surface area contributed by atoms with Crippen molar-refractivity contribution < 1.29 is 13.2 Å². The quantitative estimate of drug-likeness (QED) is 0.866. The van der Waals surface area contributed by atoms with Crippen LogP contribution < -0.4 is 5.73 Å². The maximum absolute atomic E-state index is 12.7. The second-order valence-electron chi connectivity index (χ2n) is 4.28. The van der Waals surface area contributed by atoms with Crippen LogP contribution in [-0.2, 0) is 13.2 Å². The topological polar surface area (TPSA) is 43.8 Å². The molecule has 0 saturated heterocycles. The highest BCUT2D eigenvalue weighted by Gasteiger charge is 2.42. The Morgan fingerprint density at radius 2 is 2.19 bits per heavy atom. The van der Waals surface area contributed by atoms with Crippen LogP contribution in [-0.4, -0.2) is 16.3 Å². The molecule has 90 valence electrons. The summed E-state index contributed by atoms with van der Waals surface area (Å²) in [7, 11) is 1.50. The Morgan fingerprint density at radius 3 is 2.62 bits per heavy atom. The van der Waals surface area contributed by atoms with E-state index in [1.54, 1.807) is 0 Å². The van der Waals surface area contributed by atoms with Crippen molar-refractivity contribution in [3.05, 3.63) is 17.5 Å². The molecule has 0 amide bonds. The minimum absolute atomic E-state index is 0.203. The first kappa shape index (κ1) is 11.4. The summed E-state index contributed by atoms with van der Waals surface area (Å²) in [5.74, 6) is 0.0978. The fourth-order valence-corrected chi connectivity index (χ4v) is 2.07. The van der Waals surface area contributed by atoms with Gasteiger partial charge in [-0.25, -0.2) is 0 Å².